The van der Waals surface area contributed by atoms with E-state index in [4.69, 9.17) is 0 Å². The largest absolute Gasteiger partial charge is 0.325 e. The first kappa shape index (κ1) is 15.7. The van der Waals surface area contributed by atoms with Gasteiger partial charge in [0.1, 0.15) is 0 Å². The van der Waals surface area contributed by atoms with Gasteiger partial charge in [-0.05, 0) is 30.0 Å². The maximum Gasteiger partial charge on any atom is 0.271 e. The van der Waals surface area contributed by atoms with Crippen molar-refractivity contribution in [3.8, 4) is 0 Å². The fraction of sp³-hybridized carbons (Fsp3) is 0.235. The van der Waals surface area contributed by atoms with E-state index >= 15 is 0 Å². The highest BCUT2D eigenvalue weighted by molar-refractivity contribution is 5.93. The smallest absolute Gasteiger partial charge is 0.271 e. The summed E-state index contributed by atoms with van der Waals surface area (Å²) in [6.07, 6.45) is 1.20. The van der Waals surface area contributed by atoms with Gasteiger partial charge in [0.25, 0.3) is 5.69 Å². The van der Waals surface area contributed by atoms with E-state index in [1.54, 1.807) is 13.0 Å². The third-order valence-corrected chi connectivity index (χ3v) is 3.50. The van der Waals surface area contributed by atoms with Gasteiger partial charge in [0, 0.05) is 12.1 Å². The molecule has 0 spiro atoms. The third-order valence-electron chi connectivity index (χ3n) is 3.50. The molecule has 5 nitrogen and oxygen atoms in total. The van der Waals surface area contributed by atoms with Crippen molar-refractivity contribution in [3.05, 3.63) is 69.3 Å². The summed E-state index contributed by atoms with van der Waals surface area (Å²) < 4.78 is 0. The number of non-ortho nitro benzene ring substituents is 1. The van der Waals surface area contributed by atoms with Crippen LogP contribution in [0.2, 0.25) is 0 Å². The van der Waals surface area contributed by atoms with Gasteiger partial charge in [0.05, 0.1) is 17.0 Å². The molecule has 1 amide bonds. The molecule has 0 bridgehead atoms. The number of nitrogens with one attached hydrogen (secondary N) is 1. The number of hydrogen-bond acceptors (Lipinski definition) is 3. The summed E-state index contributed by atoms with van der Waals surface area (Å²) in [4.78, 5) is 22.4. The van der Waals surface area contributed by atoms with Crippen LogP contribution in [-0.4, -0.2) is 10.8 Å². The van der Waals surface area contributed by atoms with Crippen molar-refractivity contribution in [3.63, 3.8) is 0 Å². The molecule has 1 N–H and O–H groups in total. The zero-order valence-corrected chi connectivity index (χ0v) is 12.6. The zero-order valence-electron chi connectivity index (χ0n) is 12.6. The Hall–Kier alpha value is -2.69. The second-order valence-electron chi connectivity index (χ2n) is 5.15. The normalized spacial score (nSPS) is 10.3. The topological polar surface area (TPSA) is 72.2 Å². The SMILES string of the molecule is CCc1ccc(CC(=O)Nc2cc([N+](=O)[O-])ccc2C)cc1. The quantitative estimate of drug-likeness (QED) is 0.676. The maximum absolute atomic E-state index is 12.1. The minimum atomic E-state index is -0.474. The average Bonchev–Trinajstić information content (AvgIpc) is 2.50. The van der Waals surface area contributed by atoms with E-state index in [0.717, 1.165) is 17.5 Å². The molecule has 0 atom stereocenters. The lowest BCUT2D eigenvalue weighted by Crippen LogP contribution is -2.15. The first-order chi connectivity index (χ1) is 10.5. The van der Waals surface area contributed by atoms with E-state index in [0.29, 0.717) is 5.69 Å². The van der Waals surface area contributed by atoms with Gasteiger partial charge in [-0.3, -0.25) is 14.9 Å². The Morgan fingerprint density at radius 2 is 1.77 bits per heavy atom. The highest BCUT2D eigenvalue weighted by Crippen LogP contribution is 2.22. The second-order valence-corrected chi connectivity index (χ2v) is 5.15. The van der Waals surface area contributed by atoms with Gasteiger partial charge >= 0.3 is 0 Å². The van der Waals surface area contributed by atoms with Crippen LogP contribution in [0.5, 0.6) is 0 Å². The minimum absolute atomic E-state index is 0.0341. The van der Waals surface area contributed by atoms with Gasteiger partial charge in [-0.1, -0.05) is 37.3 Å². The number of aryl methyl sites for hydroxylation is 2. The molecule has 5 heteroatoms. The summed E-state index contributed by atoms with van der Waals surface area (Å²) >= 11 is 0. The van der Waals surface area contributed by atoms with Crippen LogP contribution >= 0.6 is 0 Å². The summed E-state index contributed by atoms with van der Waals surface area (Å²) in [6, 6.07) is 12.3. The number of nitro groups is 1. The monoisotopic (exact) mass is 298 g/mol. The van der Waals surface area contributed by atoms with Crippen LogP contribution in [0.4, 0.5) is 11.4 Å². The molecule has 2 rings (SSSR count). The average molecular weight is 298 g/mol. The number of anilines is 1. The first-order valence-corrected chi connectivity index (χ1v) is 7.12. The summed E-state index contributed by atoms with van der Waals surface area (Å²) in [5, 5.41) is 13.5. The van der Waals surface area contributed by atoms with Crippen molar-refractivity contribution < 1.29 is 9.72 Å². The molecule has 22 heavy (non-hydrogen) atoms. The number of carbonyl (C=O) groups is 1. The highest BCUT2D eigenvalue weighted by atomic mass is 16.6. The van der Waals surface area contributed by atoms with Gasteiger partial charge in [0.2, 0.25) is 5.91 Å². The molecule has 2 aromatic carbocycles. The van der Waals surface area contributed by atoms with Crippen molar-refractivity contribution in [2.45, 2.75) is 26.7 Å². The van der Waals surface area contributed by atoms with E-state index in [-0.39, 0.29) is 18.0 Å². The number of benzene rings is 2. The lowest BCUT2D eigenvalue weighted by Gasteiger charge is -2.08. The van der Waals surface area contributed by atoms with Crippen molar-refractivity contribution in [2.75, 3.05) is 5.32 Å². The molecule has 0 heterocycles. The summed E-state index contributed by atoms with van der Waals surface area (Å²) in [5.41, 5.74) is 3.37. The summed E-state index contributed by atoms with van der Waals surface area (Å²) in [6.45, 7) is 3.88. The summed E-state index contributed by atoms with van der Waals surface area (Å²) in [7, 11) is 0. The van der Waals surface area contributed by atoms with E-state index in [1.165, 1.54) is 17.7 Å². The molecule has 0 aliphatic heterocycles. The Morgan fingerprint density at radius 3 is 2.36 bits per heavy atom. The Labute approximate surface area is 129 Å². The first-order valence-electron chi connectivity index (χ1n) is 7.12. The van der Waals surface area contributed by atoms with Crippen LogP contribution in [0.1, 0.15) is 23.6 Å². The molecule has 2 aromatic rings. The van der Waals surface area contributed by atoms with Crippen LogP contribution in [-0.2, 0) is 17.6 Å². The molecule has 0 aliphatic rings. The second kappa shape index (κ2) is 6.85. The summed E-state index contributed by atoms with van der Waals surface area (Å²) in [5.74, 6) is -0.187. The van der Waals surface area contributed by atoms with Crippen molar-refractivity contribution in [1.29, 1.82) is 0 Å². The van der Waals surface area contributed by atoms with Gasteiger partial charge in [-0.2, -0.15) is 0 Å². The Morgan fingerprint density at radius 1 is 1.14 bits per heavy atom. The molecule has 0 unspecified atom stereocenters. The lowest BCUT2D eigenvalue weighted by molar-refractivity contribution is -0.384. The molecular formula is C17H18N2O3. The number of hydrogen-bond donors (Lipinski definition) is 1. The Balaban J connectivity index is 2.08. The number of carbonyl (C=O) groups excluding carboxylic acids is 1. The third kappa shape index (κ3) is 3.91. The molecule has 0 saturated heterocycles. The van der Waals surface area contributed by atoms with E-state index in [1.807, 2.05) is 24.3 Å². The van der Waals surface area contributed by atoms with E-state index < -0.39 is 4.92 Å². The minimum Gasteiger partial charge on any atom is -0.325 e. The number of nitrogens with zero attached hydrogens (tertiary/aromatic N) is 1. The van der Waals surface area contributed by atoms with Gasteiger partial charge < -0.3 is 5.32 Å². The maximum atomic E-state index is 12.1. The van der Waals surface area contributed by atoms with E-state index in [2.05, 4.69) is 12.2 Å². The Kier molecular flexibility index (Phi) is 4.88. The molecule has 0 radical (unpaired) electrons. The predicted molar refractivity (Wildman–Crippen MR) is 86.0 cm³/mol. The molecule has 0 saturated carbocycles. The van der Waals surface area contributed by atoms with Crippen molar-refractivity contribution in [2.24, 2.45) is 0 Å². The van der Waals surface area contributed by atoms with Crippen molar-refractivity contribution >= 4 is 17.3 Å². The highest BCUT2D eigenvalue weighted by Gasteiger charge is 2.11. The zero-order chi connectivity index (χ0) is 16.1. The van der Waals surface area contributed by atoms with Crippen LogP contribution in [0.25, 0.3) is 0 Å². The van der Waals surface area contributed by atoms with Crippen LogP contribution in [0.15, 0.2) is 42.5 Å². The standard InChI is InChI=1S/C17H18N2O3/c1-3-13-5-7-14(8-6-13)10-17(20)18-16-11-15(19(21)22)9-4-12(16)2/h4-9,11H,3,10H2,1-2H3,(H,18,20). The Bertz CT molecular complexity index is 694. The van der Waals surface area contributed by atoms with Gasteiger partial charge in [-0.25, -0.2) is 0 Å². The van der Waals surface area contributed by atoms with Crippen LogP contribution in [0.3, 0.4) is 0 Å². The number of nitro benzene ring substituents is 1. The lowest BCUT2D eigenvalue weighted by atomic mass is 10.1. The molecular weight excluding hydrogens is 280 g/mol. The predicted octanol–water partition coefficient (Wildman–Crippen LogP) is 3.65. The van der Waals surface area contributed by atoms with Gasteiger partial charge in [-0.15, -0.1) is 0 Å². The number of rotatable bonds is 5. The van der Waals surface area contributed by atoms with Crippen LogP contribution < -0.4 is 5.32 Å². The molecule has 0 fully saturated rings. The molecule has 0 aliphatic carbocycles. The fourth-order valence-electron chi connectivity index (χ4n) is 2.13. The van der Waals surface area contributed by atoms with Gasteiger partial charge in [0.15, 0.2) is 0 Å². The molecule has 114 valence electrons. The van der Waals surface area contributed by atoms with Crippen LogP contribution in [0, 0.1) is 17.0 Å². The fourth-order valence-corrected chi connectivity index (χ4v) is 2.13. The van der Waals surface area contributed by atoms with Crippen molar-refractivity contribution in [1.82, 2.24) is 0 Å². The number of amides is 1. The van der Waals surface area contributed by atoms with E-state index in [9.17, 15) is 14.9 Å². The molecule has 0 aromatic heterocycles.